The molecule has 2 N–H and O–H groups in total. The number of carbonyl (C=O) groups is 1. The lowest BCUT2D eigenvalue weighted by Gasteiger charge is -2.27. The van der Waals surface area contributed by atoms with Crippen LogP contribution in [-0.4, -0.2) is 42.9 Å². The summed E-state index contributed by atoms with van der Waals surface area (Å²) in [6.45, 7) is 6.28. The molecule has 0 aliphatic rings. The number of fused-ring (bicyclic) bond motifs is 1. The first-order valence-electron chi connectivity index (χ1n) is 12.0. The van der Waals surface area contributed by atoms with Crippen LogP contribution in [0.5, 0.6) is 5.75 Å². The number of carbonyl (C=O) groups excluding carboxylic acids is 1. The van der Waals surface area contributed by atoms with Crippen LogP contribution in [0.15, 0.2) is 54.6 Å². The zero-order chi connectivity index (χ0) is 24.4. The van der Waals surface area contributed by atoms with E-state index in [4.69, 9.17) is 14.6 Å². The summed E-state index contributed by atoms with van der Waals surface area (Å²) < 4.78 is 11.2. The number of nitrogens with zero attached hydrogens (tertiary/aromatic N) is 1. The first kappa shape index (κ1) is 25.7. The SMILES string of the molecule is COC(=O)C(C)(CCCNCCCCO)c1ccc(OCc2cc(C)nc3ccccc23)cc1. The number of aromatic nitrogens is 1. The van der Waals surface area contributed by atoms with Gasteiger partial charge >= 0.3 is 5.97 Å². The largest absolute Gasteiger partial charge is 0.489 e. The number of ether oxygens (including phenoxy) is 2. The molecule has 0 radical (unpaired) electrons. The summed E-state index contributed by atoms with van der Waals surface area (Å²) in [5.74, 6) is 0.514. The summed E-state index contributed by atoms with van der Waals surface area (Å²) in [4.78, 5) is 17.3. The zero-order valence-electron chi connectivity index (χ0n) is 20.5. The van der Waals surface area contributed by atoms with Crippen molar-refractivity contribution >= 4 is 16.9 Å². The number of rotatable bonds is 13. The number of unbranched alkanes of at least 4 members (excludes halogenated alkanes) is 1. The molecular weight excluding hydrogens is 428 g/mol. The van der Waals surface area contributed by atoms with Gasteiger partial charge in [0.05, 0.1) is 18.0 Å². The number of para-hydroxylation sites is 1. The number of hydrogen-bond donors (Lipinski definition) is 2. The fraction of sp³-hybridized carbons (Fsp3) is 0.429. The van der Waals surface area contributed by atoms with E-state index in [0.717, 1.165) is 65.8 Å². The average Bonchev–Trinajstić information content (AvgIpc) is 2.86. The molecule has 6 heteroatoms. The molecule has 34 heavy (non-hydrogen) atoms. The molecule has 0 spiro atoms. The molecule has 0 aliphatic carbocycles. The minimum Gasteiger partial charge on any atom is -0.489 e. The molecular formula is C28H36N2O4. The van der Waals surface area contributed by atoms with Crippen molar-refractivity contribution in [1.29, 1.82) is 0 Å². The Bertz CT molecular complexity index is 1070. The highest BCUT2D eigenvalue weighted by molar-refractivity contribution is 5.83. The van der Waals surface area contributed by atoms with E-state index in [0.29, 0.717) is 13.0 Å². The topological polar surface area (TPSA) is 80.7 Å². The first-order chi connectivity index (χ1) is 16.5. The summed E-state index contributed by atoms with van der Waals surface area (Å²) in [7, 11) is 1.44. The molecule has 0 amide bonds. The summed E-state index contributed by atoms with van der Waals surface area (Å²) in [5.41, 5.74) is 3.21. The van der Waals surface area contributed by atoms with Gasteiger partial charge in [0.25, 0.3) is 0 Å². The molecule has 0 saturated heterocycles. The van der Waals surface area contributed by atoms with Gasteiger partial charge in [-0.2, -0.15) is 0 Å². The van der Waals surface area contributed by atoms with Gasteiger partial charge in [0.1, 0.15) is 12.4 Å². The summed E-state index contributed by atoms with van der Waals surface area (Å²) in [6.07, 6.45) is 3.27. The highest BCUT2D eigenvalue weighted by Crippen LogP contribution is 2.32. The van der Waals surface area contributed by atoms with Crippen LogP contribution in [-0.2, 0) is 21.6 Å². The molecule has 1 atom stereocenters. The Balaban J connectivity index is 1.64. The molecule has 0 bridgehead atoms. The Labute approximate surface area is 202 Å². The van der Waals surface area contributed by atoms with Gasteiger partial charge in [-0.25, -0.2) is 0 Å². The van der Waals surface area contributed by atoms with Crippen LogP contribution in [0.25, 0.3) is 10.9 Å². The second-order valence-electron chi connectivity index (χ2n) is 8.86. The number of benzene rings is 2. The lowest BCUT2D eigenvalue weighted by Crippen LogP contribution is -2.34. The highest BCUT2D eigenvalue weighted by Gasteiger charge is 2.35. The van der Waals surface area contributed by atoms with Crippen molar-refractivity contribution in [3.63, 3.8) is 0 Å². The maximum absolute atomic E-state index is 12.7. The van der Waals surface area contributed by atoms with Gasteiger partial charge in [0, 0.05) is 23.3 Å². The van der Waals surface area contributed by atoms with Gasteiger partial charge in [0.15, 0.2) is 0 Å². The van der Waals surface area contributed by atoms with E-state index in [-0.39, 0.29) is 12.6 Å². The van der Waals surface area contributed by atoms with Crippen molar-refractivity contribution in [2.75, 3.05) is 26.8 Å². The third-order valence-electron chi connectivity index (χ3n) is 6.24. The molecule has 0 fully saturated rings. The Hall–Kier alpha value is -2.96. The Kier molecular flexibility index (Phi) is 9.42. The van der Waals surface area contributed by atoms with Crippen LogP contribution in [0.4, 0.5) is 0 Å². The van der Waals surface area contributed by atoms with Crippen LogP contribution >= 0.6 is 0 Å². The normalized spacial score (nSPS) is 12.9. The van der Waals surface area contributed by atoms with Gasteiger partial charge in [-0.15, -0.1) is 0 Å². The fourth-order valence-electron chi connectivity index (χ4n) is 4.24. The lowest BCUT2D eigenvalue weighted by molar-refractivity contribution is -0.147. The third kappa shape index (κ3) is 6.55. The van der Waals surface area contributed by atoms with Crippen LogP contribution in [0.2, 0.25) is 0 Å². The second kappa shape index (κ2) is 12.5. The molecule has 3 rings (SSSR count). The minimum atomic E-state index is -0.724. The molecule has 1 heterocycles. The Morgan fingerprint density at radius 1 is 1.06 bits per heavy atom. The van der Waals surface area contributed by atoms with Crippen molar-refractivity contribution in [2.24, 2.45) is 0 Å². The van der Waals surface area contributed by atoms with Gasteiger partial charge < -0.3 is 19.9 Å². The predicted octanol–water partition coefficient (Wildman–Crippen LogP) is 4.70. The molecule has 1 unspecified atom stereocenters. The molecule has 6 nitrogen and oxygen atoms in total. The van der Waals surface area contributed by atoms with Gasteiger partial charge in [-0.3, -0.25) is 9.78 Å². The number of aliphatic hydroxyl groups excluding tert-OH is 1. The molecule has 182 valence electrons. The van der Waals surface area contributed by atoms with Crippen molar-refractivity contribution < 1.29 is 19.4 Å². The monoisotopic (exact) mass is 464 g/mol. The van der Waals surface area contributed by atoms with E-state index in [1.807, 2.05) is 56.3 Å². The van der Waals surface area contributed by atoms with Crippen molar-refractivity contribution in [1.82, 2.24) is 10.3 Å². The standard InChI is InChI=1S/C28H36N2O4/c1-21-19-22(25-9-4-5-10-26(25)30-21)20-34-24-13-11-23(12-14-24)28(2,27(32)33-3)15-8-17-29-16-6-7-18-31/h4-5,9-14,19,29,31H,6-8,15-18,20H2,1-3H3. The summed E-state index contributed by atoms with van der Waals surface area (Å²) in [5, 5.41) is 13.3. The fourth-order valence-corrected chi connectivity index (χ4v) is 4.24. The maximum Gasteiger partial charge on any atom is 0.315 e. The van der Waals surface area contributed by atoms with Crippen molar-refractivity contribution in [3.05, 3.63) is 71.4 Å². The Morgan fingerprint density at radius 3 is 2.53 bits per heavy atom. The predicted molar refractivity (Wildman–Crippen MR) is 135 cm³/mol. The van der Waals surface area contributed by atoms with Gasteiger partial charge in [0.2, 0.25) is 0 Å². The van der Waals surface area contributed by atoms with Gasteiger partial charge in [-0.1, -0.05) is 30.3 Å². The Morgan fingerprint density at radius 2 is 1.79 bits per heavy atom. The van der Waals surface area contributed by atoms with Crippen molar-refractivity contribution in [3.8, 4) is 5.75 Å². The van der Waals surface area contributed by atoms with Crippen LogP contribution in [0, 0.1) is 6.92 Å². The third-order valence-corrected chi connectivity index (χ3v) is 6.24. The smallest absolute Gasteiger partial charge is 0.315 e. The molecule has 2 aromatic carbocycles. The number of aliphatic hydroxyl groups is 1. The van der Waals surface area contributed by atoms with Crippen LogP contribution < -0.4 is 10.1 Å². The highest BCUT2D eigenvalue weighted by atomic mass is 16.5. The molecule has 3 aromatic rings. The lowest BCUT2D eigenvalue weighted by atomic mass is 9.78. The number of pyridine rings is 1. The molecule has 0 aliphatic heterocycles. The van der Waals surface area contributed by atoms with Crippen LogP contribution in [0.1, 0.15) is 49.4 Å². The molecule has 0 saturated carbocycles. The minimum absolute atomic E-state index is 0.223. The molecule has 1 aromatic heterocycles. The maximum atomic E-state index is 12.7. The van der Waals surface area contributed by atoms with Crippen molar-refractivity contribution in [2.45, 2.75) is 51.6 Å². The van der Waals surface area contributed by atoms with E-state index in [1.165, 1.54) is 7.11 Å². The van der Waals surface area contributed by atoms with E-state index in [1.54, 1.807) is 0 Å². The number of aryl methyl sites for hydroxylation is 1. The number of hydrogen-bond acceptors (Lipinski definition) is 6. The van der Waals surface area contributed by atoms with E-state index >= 15 is 0 Å². The van der Waals surface area contributed by atoms with E-state index < -0.39 is 5.41 Å². The van der Waals surface area contributed by atoms with Crippen LogP contribution in [0.3, 0.4) is 0 Å². The summed E-state index contributed by atoms with van der Waals surface area (Å²) in [6, 6.07) is 17.9. The van der Waals surface area contributed by atoms with E-state index in [2.05, 4.69) is 22.4 Å². The average molecular weight is 465 g/mol. The zero-order valence-corrected chi connectivity index (χ0v) is 20.5. The number of esters is 1. The number of methoxy groups -OCH3 is 1. The quantitative estimate of drug-likeness (QED) is 0.282. The first-order valence-corrected chi connectivity index (χ1v) is 12.0. The van der Waals surface area contributed by atoms with E-state index in [9.17, 15) is 4.79 Å². The van der Waals surface area contributed by atoms with Gasteiger partial charge in [-0.05, 0) is 82.4 Å². The second-order valence-corrected chi connectivity index (χ2v) is 8.86. The summed E-state index contributed by atoms with van der Waals surface area (Å²) >= 11 is 0. The number of nitrogens with one attached hydrogen (secondary N) is 1.